The van der Waals surface area contributed by atoms with Gasteiger partial charge in [-0.25, -0.2) is 0 Å². The zero-order valence-electron chi connectivity index (χ0n) is 15.4. The maximum atomic E-state index is 12.3. The molecule has 0 radical (unpaired) electrons. The van der Waals surface area contributed by atoms with Crippen LogP contribution in [0.5, 0.6) is 0 Å². The first-order valence-electron chi connectivity index (χ1n) is 9.56. The zero-order chi connectivity index (χ0) is 18.9. The first-order chi connectivity index (χ1) is 13.2. The van der Waals surface area contributed by atoms with Gasteiger partial charge in [0.25, 0.3) is 0 Å². The zero-order valence-corrected chi connectivity index (χ0v) is 15.4. The highest BCUT2D eigenvalue weighted by Gasteiger charge is 2.32. The van der Waals surface area contributed by atoms with Crippen molar-refractivity contribution in [3.63, 3.8) is 0 Å². The van der Waals surface area contributed by atoms with E-state index in [4.69, 9.17) is 0 Å². The molecule has 1 unspecified atom stereocenters. The van der Waals surface area contributed by atoms with Crippen LogP contribution in [0.15, 0.2) is 48.8 Å². The first kappa shape index (κ1) is 19.0. The second kappa shape index (κ2) is 9.80. The molecule has 0 spiro atoms. The van der Waals surface area contributed by atoms with Crippen molar-refractivity contribution in [3.8, 4) is 0 Å². The number of nitrogens with zero attached hydrogens (tertiary/aromatic N) is 2. The van der Waals surface area contributed by atoms with Gasteiger partial charge in [0.1, 0.15) is 0 Å². The van der Waals surface area contributed by atoms with Gasteiger partial charge in [-0.05, 0) is 55.9 Å². The van der Waals surface area contributed by atoms with Crippen molar-refractivity contribution in [3.05, 3.63) is 60.2 Å². The summed E-state index contributed by atoms with van der Waals surface area (Å²) in [6, 6.07) is 11.4. The quantitative estimate of drug-likeness (QED) is 0.674. The Labute approximate surface area is 159 Å². The average molecular weight is 366 g/mol. The van der Waals surface area contributed by atoms with Crippen molar-refractivity contribution in [2.24, 2.45) is 5.92 Å². The summed E-state index contributed by atoms with van der Waals surface area (Å²) in [4.78, 5) is 32.8. The maximum absolute atomic E-state index is 12.3. The van der Waals surface area contributed by atoms with Gasteiger partial charge in [-0.2, -0.15) is 0 Å². The summed E-state index contributed by atoms with van der Waals surface area (Å²) in [5.74, 6) is 0.481. The molecule has 27 heavy (non-hydrogen) atoms. The van der Waals surface area contributed by atoms with E-state index in [2.05, 4.69) is 20.6 Å². The second-order valence-corrected chi connectivity index (χ2v) is 6.96. The fraction of sp³-hybridized carbons (Fsp3) is 0.429. The maximum Gasteiger partial charge on any atom is 0.220 e. The van der Waals surface area contributed by atoms with Crippen LogP contribution in [0.4, 0.5) is 0 Å². The predicted octanol–water partition coefficient (Wildman–Crippen LogP) is 2.05. The number of aromatic nitrogens is 2. The highest BCUT2D eigenvalue weighted by molar-refractivity contribution is 5.77. The van der Waals surface area contributed by atoms with E-state index in [1.165, 1.54) is 0 Å². The molecule has 1 aliphatic carbocycles. The first-order valence-corrected chi connectivity index (χ1v) is 9.56. The van der Waals surface area contributed by atoms with Gasteiger partial charge >= 0.3 is 0 Å². The Morgan fingerprint density at radius 3 is 2.04 bits per heavy atom. The minimum absolute atomic E-state index is 0.00552. The van der Waals surface area contributed by atoms with Gasteiger partial charge in [-0.15, -0.1) is 0 Å². The van der Waals surface area contributed by atoms with Crippen molar-refractivity contribution < 1.29 is 9.59 Å². The van der Waals surface area contributed by atoms with Crippen LogP contribution in [0.25, 0.3) is 0 Å². The Bertz CT molecular complexity index is 732. The van der Waals surface area contributed by atoms with Crippen molar-refractivity contribution >= 4 is 11.8 Å². The van der Waals surface area contributed by atoms with Gasteiger partial charge in [0, 0.05) is 49.2 Å². The summed E-state index contributed by atoms with van der Waals surface area (Å²) in [6.07, 6.45) is 7.75. The molecule has 0 aliphatic heterocycles. The molecular formula is C21H26N4O2. The van der Waals surface area contributed by atoms with Crippen molar-refractivity contribution in [1.29, 1.82) is 0 Å². The monoisotopic (exact) mass is 366 g/mol. The van der Waals surface area contributed by atoms with Gasteiger partial charge in [0.05, 0.1) is 0 Å². The third-order valence-corrected chi connectivity index (χ3v) is 4.73. The minimum Gasteiger partial charge on any atom is -0.354 e. The number of rotatable bonds is 10. The number of aryl methyl sites for hydroxylation is 2. The highest BCUT2D eigenvalue weighted by Crippen LogP contribution is 2.32. The Morgan fingerprint density at radius 1 is 0.926 bits per heavy atom. The van der Waals surface area contributed by atoms with Crippen LogP contribution < -0.4 is 10.6 Å². The Kier molecular flexibility index (Phi) is 6.90. The predicted molar refractivity (Wildman–Crippen MR) is 103 cm³/mol. The van der Waals surface area contributed by atoms with E-state index in [0.717, 1.165) is 24.2 Å². The number of hydrogen-bond donors (Lipinski definition) is 2. The van der Waals surface area contributed by atoms with Gasteiger partial charge < -0.3 is 10.6 Å². The Morgan fingerprint density at radius 2 is 1.52 bits per heavy atom. The van der Waals surface area contributed by atoms with Crippen LogP contribution in [0.2, 0.25) is 0 Å². The number of carbonyl (C=O) groups excluding carboxylic acids is 2. The number of amides is 2. The summed E-state index contributed by atoms with van der Waals surface area (Å²) in [6.45, 7) is 0.487. The molecule has 142 valence electrons. The molecule has 1 fully saturated rings. The summed E-state index contributed by atoms with van der Waals surface area (Å²) < 4.78 is 0. The lowest BCUT2D eigenvalue weighted by atomic mass is 10.1. The van der Waals surface area contributed by atoms with E-state index in [9.17, 15) is 9.59 Å². The van der Waals surface area contributed by atoms with Crippen LogP contribution in [0.3, 0.4) is 0 Å². The molecule has 6 heteroatoms. The van der Waals surface area contributed by atoms with E-state index in [1.54, 1.807) is 12.4 Å². The molecule has 0 aromatic carbocycles. The fourth-order valence-corrected chi connectivity index (χ4v) is 3.00. The molecule has 2 N–H and O–H groups in total. The van der Waals surface area contributed by atoms with E-state index >= 15 is 0 Å². The van der Waals surface area contributed by atoms with Gasteiger partial charge in [0.2, 0.25) is 11.8 Å². The SMILES string of the molecule is O=C(CCc1ccccn1)NCC(NC(=O)CCc1ccccn1)C1CC1. The lowest BCUT2D eigenvalue weighted by Gasteiger charge is -2.19. The normalized spacial score (nSPS) is 14.4. The van der Waals surface area contributed by atoms with E-state index in [-0.39, 0.29) is 17.9 Å². The van der Waals surface area contributed by atoms with Crippen LogP contribution in [0.1, 0.15) is 37.1 Å². The molecule has 2 aromatic rings. The number of pyridine rings is 2. The van der Waals surface area contributed by atoms with E-state index in [1.807, 2.05) is 36.4 Å². The molecule has 1 aliphatic rings. The summed E-state index contributed by atoms with van der Waals surface area (Å²) in [5.41, 5.74) is 1.83. The molecular weight excluding hydrogens is 340 g/mol. The molecule has 2 amide bonds. The molecule has 2 aromatic heterocycles. The molecule has 0 bridgehead atoms. The lowest BCUT2D eigenvalue weighted by Crippen LogP contribution is -2.45. The van der Waals surface area contributed by atoms with Crippen LogP contribution in [-0.2, 0) is 22.4 Å². The summed E-state index contributed by atoms with van der Waals surface area (Å²) in [7, 11) is 0. The van der Waals surface area contributed by atoms with Crippen molar-refractivity contribution in [2.45, 2.75) is 44.6 Å². The van der Waals surface area contributed by atoms with Crippen molar-refractivity contribution in [1.82, 2.24) is 20.6 Å². The molecule has 2 heterocycles. The standard InChI is InChI=1S/C21H26N4O2/c26-20(11-9-17-5-1-3-13-22-17)24-15-19(16-7-8-16)25-21(27)12-10-18-6-2-4-14-23-18/h1-6,13-14,16,19H,7-12,15H2,(H,24,26)(H,25,27). The third-order valence-electron chi connectivity index (χ3n) is 4.73. The number of nitrogens with one attached hydrogen (secondary N) is 2. The molecule has 3 rings (SSSR count). The lowest BCUT2D eigenvalue weighted by molar-refractivity contribution is -0.123. The van der Waals surface area contributed by atoms with Gasteiger partial charge in [0.15, 0.2) is 0 Å². The van der Waals surface area contributed by atoms with Gasteiger partial charge in [-0.3, -0.25) is 19.6 Å². The number of hydrogen-bond acceptors (Lipinski definition) is 4. The average Bonchev–Trinajstić information content (AvgIpc) is 3.55. The topological polar surface area (TPSA) is 84.0 Å². The van der Waals surface area contributed by atoms with E-state index in [0.29, 0.717) is 38.1 Å². The fourth-order valence-electron chi connectivity index (χ4n) is 3.00. The van der Waals surface area contributed by atoms with Crippen molar-refractivity contribution in [2.75, 3.05) is 6.54 Å². The Balaban J connectivity index is 1.38. The van der Waals surface area contributed by atoms with Crippen LogP contribution in [-0.4, -0.2) is 34.4 Å². The Hall–Kier alpha value is -2.76. The molecule has 1 saturated carbocycles. The summed E-state index contributed by atoms with van der Waals surface area (Å²) in [5, 5.41) is 6.04. The molecule has 6 nitrogen and oxygen atoms in total. The summed E-state index contributed by atoms with van der Waals surface area (Å²) >= 11 is 0. The van der Waals surface area contributed by atoms with E-state index < -0.39 is 0 Å². The second-order valence-electron chi connectivity index (χ2n) is 6.96. The van der Waals surface area contributed by atoms with Crippen LogP contribution in [0, 0.1) is 5.92 Å². The number of carbonyl (C=O) groups is 2. The highest BCUT2D eigenvalue weighted by atomic mass is 16.2. The van der Waals surface area contributed by atoms with Gasteiger partial charge in [-0.1, -0.05) is 12.1 Å². The molecule has 1 atom stereocenters. The largest absolute Gasteiger partial charge is 0.354 e. The third kappa shape index (κ3) is 6.81. The van der Waals surface area contributed by atoms with Crippen LogP contribution >= 0.6 is 0 Å². The smallest absolute Gasteiger partial charge is 0.220 e. The minimum atomic E-state index is -0.00552. The molecule has 0 saturated heterocycles.